The molecular formula is C17H16O3. The Morgan fingerprint density at radius 3 is 2.65 bits per heavy atom. The highest BCUT2D eigenvalue weighted by Gasteiger charge is 2.15. The van der Waals surface area contributed by atoms with Crippen molar-refractivity contribution in [2.45, 2.75) is 27.2 Å². The number of benzene rings is 1. The molecule has 0 amide bonds. The van der Waals surface area contributed by atoms with E-state index in [0.717, 1.165) is 27.5 Å². The van der Waals surface area contributed by atoms with Crippen LogP contribution in [0.1, 0.15) is 25.0 Å². The summed E-state index contributed by atoms with van der Waals surface area (Å²) in [6, 6.07) is 5.25. The van der Waals surface area contributed by atoms with Gasteiger partial charge in [-0.1, -0.05) is 11.6 Å². The van der Waals surface area contributed by atoms with Crippen molar-refractivity contribution in [1.82, 2.24) is 0 Å². The molecule has 3 rings (SSSR count). The summed E-state index contributed by atoms with van der Waals surface area (Å²) in [5.74, 6) is 0. The second-order valence-electron chi connectivity index (χ2n) is 5.25. The first kappa shape index (κ1) is 12.7. The van der Waals surface area contributed by atoms with Gasteiger partial charge in [0.05, 0.1) is 6.26 Å². The van der Waals surface area contributed by atoms with Crippen LogP contribution in [0.15, 0.2) is 49.7 Å². The van der Waals surface area contributed by atoms with Gasteiger partial charge in [-0.05, 0) is 44.9 Å². The van der Waals surface area contributed by atoms with Gasteiger partial charge in [-0.15, -0.1) is 0 Å². The Morgan fingerprint density at radius 1 is 1.15 bits per heavy atom. The van der Waals surface area contributed by atoms with Gasteiger partial charge in [-0.2, -0.15) is 0 Å². The summed E-state index contributed by atoms with van der Waals surface area (Å²) >= 11 is 0. The summed E-state index contributed by atoms with van der Waals surface area (Å²) < 4.78 is 11.1. The fourth-order valence-corrected chi connectivity index (χ4v) is 2.51. The minimum atomic E-state index is -0.332. The second kappa shape index (κ2) is 4.67. The molecule has 0 aliphatic heterocycles. The maximum Gasteiger partial charge on any atom is 0.336 e. The van der Waals surface area contributed by atoms with Gasteiger partial charge in [0.1, 0.15) is 11.2 Å². The van der Waals surface area contributed by atoms with E-state index >= 15 is 0 Å². The van der Waals surface area contributed by atoms with Crippen molar-refractivity contribution >= 4 is 21.9 Å². The van der Waals surface area contributed by atoms with Gasteiger partial charge in [0.15, 0.2) is 0 Å². The van der Waals surface area contributed by atoms with Crippen molar-refractivity contribution < 1.29 is 8.83 Å². The standard InChI is InChI=1S/C17H16O3/c1-10(2)4-5-14-16-13(8-9-19-16)11(3)12-6-7-15(18)20-17(12)14/h4,6-9H,5H2,1-3H3. The number of aryl methyl sites for hydroxylation is 1. The van der Waals surface area contributed by atoms with Crippen LogP contribution in [-0.4, -0.2) is 0 Å². The molecule has 3 nitrogen and oxygen atoms in total. The number of hydrogen-bond donors (Lipinski definition) is 0. The summed E-state index contributed by atoms with van der Waals surface area (Å²) in [4.78, 5) is 11.5. The maximum atomic E-state index is 11.5. The van der Waals surface area contributed by atoms with E-state index in [1.165, 1.54) is 11.6 Å². The van der Waals surface area contributed by atoms with E-state index in [1.54, 1.807) is 6.26 Å². The molecule has 0 bridgehead atoms. The largest absolute Gasteiger partial charge is 0.464 e. The average molecular weight is 268 g/mol. The van der Waals surface area contributed by atoms with E-state index in [0.29, 0.717) is 12.0 Å². The summed E-state index contributed by atoms with van der Waals surface area (Å²) in [5, 5.41) is 2.04. The third-order valence-corrected chi connectivity index (χ3v) is 3.57. The van der Waals surface area contributed by atoms with Crippen LogP contribution < -0.4 is 5.63 Å². The Bertz CT molecular complexity index is 874. The Balaban J connectivity index is 2.45. The molecule has 0 aliphatic carbocycles. The number of allylic oxidation sites excluding steroid dienone is 2. The summed E-state index contributed by atoms with van der Waals surface area (Å²) in [5.41, 5.74) is 4.34. The van der Waals surface area contributed by atoms with E-state index in [2.05, 4.69) is 6.08 Å². The number of furan rings is 1. The van der Waals surface area contributed by atoms with Gasteiger partial charge in [0.2, 0.25) is 0 Å². The topological polar surface area (TPSA) is 43.4 Å². The lowest BCUT2D eigenvalue weighted by atomic mass is 9.99. The molecule has 0 unspecified atom stereocenters. The molecule has 0 spiro atoms. The van der Waals surface area contributed by atoms with Gasteiger partial charge in [-0.3, -0.25) is 0 Å². The van der Waals surface area contributed by atoms with Crippen LogP contribution >= 0.6 is 0 Å². The molecule has 0 saturated heterocycles. The zero-order chi connectivity index (χ0) is 14.3. The maximum absolute atomic E-state index is 11.5. The van der Waals surface area contributed by atoms with Crippen molar-refractivity contribution in [2.24, 2.45) is 0 Å². The van der Waals surface area contributed by atoms with Crippen LogP contribution in [0.4, 0.5) is 0 Å². The average Bonchev–Trinajstić information content (AvgIpc) is 2.87. The van der Waals surface area contributed by atoms with Crippen LogP contribution in [0.2, 0.25) is 0 Å². The Labute approximate surface area is 116 Å². The molecule has 3 aromatic rings. The summed E-state index contributed by atoms with van der Waals surface area (Å²) in [6.45, 7) is 6.11. The molecule has 0 radical (unpaired) electrons. The van der Waals surface area contributed by atoms with E-state index in [4.69, 9.17) is 8.83 Å². The third-order valence-electron chi connectivity index (χ3n) is 3.57. The van der Waals surface area contributed by atoms with Crippen LogP contribution in [0.3, 0.4) is 0 Å². The fourth-order valence-electron chi connectivity index (χ4n) is 2.51. The third kappa shape index (κ3) is 1.95. The molecule has 2 aromatic heterocycles. The van der Waals surface area contributed by atoms with Crippen LogP contribution in [0, 0.1) is 6.92 Å². The van der Waals surface area contributed by atoms with Gasteiger partial charge in [0.25, 0.3) is 0 Å². The highest BCUT2D eigenvalue weighted by Crippen LogP contribution is 2.33. The summed E-state index contributed by atoms with van der Waals surface area (Å²) in [7, 11) is 0. The van der Waals surface area contributed by atoms with Crippen molar-refractivity contribution in [3.05, 3.63) is 57.7 Å². The highest BCUT2D eigenvalue weighted by atomic mass is 16.4. The van der Waals surface area contributed by atoms with Gasteiger partial charge >= 0.3 is 5.63 Å². The molecule has 0 atom stereocenters. The molecule has 0 aliphatic rings. The zero-order valence-corrected chi connectivity index (χ0v) is 11.8. The fraction of sp³-hybridized carbons (Fsp3) is 0.235. The van der Waals surface area contributed by atoms with Gasteiger partial charge < -0.3 is 8.83 Å². The number of hydrogen-bond acceptors (Lipinski definition) is 3. The molecule has 2 heterocycles. The first-order valence-corrected chi connectivity index (χ1v) is 6.64. The molecule has 3 heteroatoms. The normalized spacial score (nSPS) is 11.2. The minimum Gasteiger partial charge on any atom is -0.464 e. The monoisotopic (exact) mass is 268 g/mol. The number of fused-ring (bicyclic) bond motifs is 2. The molecule has 0 fully saturated rings. The molecular weight excluding hydrogens is 252 g/mol. The predicted molar refractivity (Wildman–Crippen MR) is 80.1 cm³/mol. The van der Waals surface area contributed by atoms with E-state index in [9.17, 15) is 4.79 Å². The van der Waals surface area contributed by atoms with Crippen molar-refractivity contribution in [3.63, 3.8) is 0 Å². The SMILES string of the molecule is CC(C)=CCc1c2occc2c(C)c2ccc(=O)oc12. The van der Waals surface area contributed by atoms with Gasteiger partial charge in [-0.25, -0.2) is 4.79 Å². The predicted octanol–water partition coefficient (Wildman–Crippen LogP) is 4.36. The smallest absolute Gasteiger partial charge is 0.336 e. The lowest BCUT2D eigenvalue weighted by molar-refractivity contribution is 0.555. The van der Waals surface area contributed by atoms with E-state index < -0.39 is 0 Å². The number of rotatable bonds is 2. The van der Waals surface area contributed by atoms with Crippen LogP contribution in [-0.2, 0) is 6.42 Å². The van der Waals surface area contributed by atoms with Crippen LogP contribution in [0.25, 0.3) is 21.9 Å². The first-order chi connectivity index (χ1) is 9.58. The second-order valence-corrected chi connectivity index (χ2v) is 5.25. The summed E-state index contributed by atoms with van der Waals surface area (Å²) in [6.07, 6.45) is 4.48. The lowest BCUT2D eigenvalue weighted by Crippen LogP contribution is -1.98. The quantitative estimate of drug-likeness (QED) is 0.512. The first-order valence-electron chi connectivity index (χ1n) is 6.64. The van der Waals surface area contributed by atoms with E-state index in [1.807, 2.05) is 32.9 Å². The van der Waals surface area contributed by atoms with Crippen molar-refractivity contribution in [2.75, 3.05) is 0 Å². The zero-order valence-electron chi connectivity index (χ0n) is 11.8. The molecule has 1 aromatic carbocycles. The lowest BCUT2D eigenvalue weighted by Gasteiger charge is -2.08. The van der Waals surface area contributed by atoms with Crippen LogP contribution in [0.5, 0.6) is 0 Å². The Morgan fingerprint density at radius 2 is 1.90 bits per heavy atom. The van der Waals surface area contributed by atoms with Crippen molar-refractivity contribution in [1.29, 1.82) is 0 Å². The highest BCUT2D eigenvalue weighted by molar-refractivity contribution is 6.00. The Hall–Kier alpha value is -2.29. The van der Waals surface area contributed by atoms with E-state index in [-0.39, 0.29) is 5.63 Å². The van der Waals surface area contributed by atoms with Crippen molar-refractivity contribution in [3.8, 4) is 0 Å². The molecule has 0 N–H and O–H groups in total. The molecule has 20 heavy (non-hydrogen) atoms. The Kier molecular flexibility index (Phi) is 2.97. The minimum absolute atomic E-state index is 0.332. The molecule has 0 saturated carbocycles. The van der Waals surface area contributed by atoms with Gasteiger partial charge in [0, 0.05) is 22.4 Å². The molecule has 102 valence electrons.